The van der Waals surface area contributed by atoms with Crippen LogP contribution in [-0.2, 0) is 0 Å². The summed E-state index contributed by atoms with van der Waals surface area (Å²) in [7, 11) is 0. The maximum absolute atomic E-state index is 1.67. The molecule has 288 valence electrons. The molecule has 1 heteroatoms. The Balaban J connectivity index is 0.00000306. The lowest BCUT2D eigenvalue weighted by molar-refractivity contribution is 0.824. The highest BCUT2D eigenvalue weighted by Crippen LogP contribution is 2.81. The monoisotopic (exact) mass is 858 g/mol. The fourth-order valence-corrected chi connectivity index (χ4v) is 26.2. The van der Waals surface area contributed by atoms with Crippen LogP contribution in [0.15, 0.2) is 0 Å². The Morgan fingerprint density at radius 2 is 0.0563 bits per heavy atom. The Morgan fingerprint density at radius 1 is 0.0423 bits per heavy atom. The van der Waals surface area contributed by atoms with Crippen molar-refractivity contribution in [3.63, 3.8) is 0 Å². The summed E-state index contributed by atoms with van der Waals surface area (Å²) in [6.07, 6.45) is 0. The van der Waals surface area contributed by atoms with Crippen LogP contribution in [-0.4, -0.2) is 5.48 Å². The molecule has 37 aromatic rings. The predicted octanol–water partition coefficient (Wildman–Crippen LogP) is 19.9. The minimum atomic E-state index is 0. The molecule has 0 saturated heterocycles. The predicted molar refractivity (Wildman–Crippen MR) is 308 cm³/mol. The molecule has 0 unspecified atom stereocenters. The van der Waals surface area contributed by atoms with Gasteiger partial charge >= 0.3 is 0 Å². The first-order chi connectivity index (χ1) is 35.0. The topological polar surface area (TPSA) is 31.5 Å². The number of hydrogen-bond donors (Lipinski definition) is 0. The Bertz CT molecular complexity index is 6600. The van der Waals surface area contributed by atoms with E-state index in [-0.39, 0.29) is 5.48 Å². The van der Waals surface area contributed by atoms with Crippen molar-refractivity contribution >= 4 is 377 Å². The van der Waals surface area contributed by atoms with E-state index in [1.165, 1.54) is 0 Å². The smallest absolute Gasteiger partial charge is 0 e. The first kappa shape index (κ1) is 24.9. The molecule has 1 nitrogen and oxygen atoms in total. The summed E-state index contributed by atoms with van der Waals surface area (Å²) in [4.78, 5) is 0. The van der Waals surface area contributed by atoms with Crippen LogP contribution in [0.2, 0.25) is 0 Å². The summed E-state index contributed by atoms with van der Waals surface area (Å²) in [6, 6.07) is 0. The van der Waals surface area contributed by atoms with Gasteiger partial charge in [-0.15, -0.1) is 0 Å². The first-order valence-corrected chi connectivity index (χ1v) is 26.2. The zero-order chi connectivity index (χ0) is 40.4. The van der Waals surface area contributed by atoms with Crippen LogP contribution in [0, 0.1) is 0 Å². The van der Waals surface area contributed by atoms with Gasteiger partial charge < -0.3 is 5.48 Å². The summed E-state index contributed by atoms with van der Waals surface area (Å²) in [5.41, 5.74) is 0. The van der Waals surface area contributed by atoms with E-state index in [9.17, 15) is 0 Å². The molecule has 37 rings (SSSR count). The lowest BCUT2D eigenvalue weighted by atomic mass is 9.78. The van der Waals surface area contributed by atoms with Crippen LogP contribution >= 0.6 is 0 Å². The van der Waals surface area contributed by atoms with Gasteiger partial charge in [-0.25, -0.2) is 0 Å². The van der Waals surface area contributed by atoms with Crippen LogP contribution in [0.1, 0.15) is 0 Å². The minimum Gasteiger partial charge on any atom is -0.412 e. The van der Waals surface area contributed by atoms with Crippen molar-refractivity contribution in [2.45, 2.75) is 0 Å². The Morgan fingerprint density at radius 3 is 0.0704 bits per heavy atom. The summed E-state index contributed by atoms with van der Waals surface area (Å²) < 4.78 is 0. The molecule has 37 aromatic carbocycles. The highest BCUT2D eigenvalue weighted by molar-refractivity contribution is 6.86. The van der Waals surface area contributed by atoms with Gasteiger partial charge in [0.15, 0.2) is 0 Å². The van der Waals surface area contributed by atoms with Crippen molar-refractivity contribution in [3.05, 3.63) is 0 Å². The van der Waals surface area contributed by atoms with E-state index >= 15 is 0 Å². The maximum atomic E-state index is 1.67. The van der Waals surface area contributed by atoms with Crippen LogP contribution in [0.4, 0.5) is 0 Å². The molecule has 0 amide bonds. The molecule has 0 fully saturated rings. The molecule has 0 spiro atoms. The van der Waals surface area contributed by atoms with Gasteiger partial charge in [-0.2, -0.15) is 0 Å². The molecule has 0 aliphatic rings. The summed E-state index contributed by atoms with van der Waals surface area (Å²) in [5, 5.41) is 117. The zero-order valence-electron chi connectivity index (χ0n) is 35.5. The molecular formula is C70H2O. The van der Waals surface area contributed by atoms with E-state index < -0.39 is 0 Å². The second-order valence-electron chi connectivity index (χ2n) is 26.2. The molecule has 0 saturated carbocycles. The van der Waals surface area contributed by atoms with Crippen molar-refractivity contribution in [2.75, 3.05) is 0 Å². The van der Waals surface area contributed by atoms with Gasteiger partial charge in [0.1, 0.15) is 0 Å². The largest absolute Gasteiger partial charge is 0.412 e. The zero-order valence-corrected chi connectivity index (χ0v) is 35.5. The second-order valence-corrected chi connectivity index (χ2v) is 26.2. The van der Waals surface area contributed by atoms with E-state index in [0.29, 0.717) is 0 Å². The summed E-state index contributed by atoms with van der Waals surface area (Å²) in [5.74, 6) is 0. The maximum Gasteiger partial charge on any atom is 0 e. The number of benzene rings is 25. The fourth-order valence-electron chi connectivity index (χ4n) is 26.2. The third-order valence-corrected chi connectivity index (χ3v) is 26.2. The molecule has 0 heterocycles. The summed E-state index contributed by atoms with van der Waals surface area (Å²) >= 11 is 0. The lowest BCUT2D eigenvalue weighted by Gasteiger charge is -2.23. The van der Waals surface area contributed by atoms with Crippen molar-refractivity contribution in [1.29, 1.82) is 0 Å². The number of rotatable bonds is 0. The van der Waals surface area contributed by atoms with Crippen LogP contribution in [0.5, 0.6) is 0 Å². The Labute approximate surface area is 380 Å². The Kier molecular flexibility index (Phi) is 1.90. The van der Waals surface area contributed by atoms with E-state index in [4.69, 9.17) is 0 Å². The first-order valence-electron chi connectivity index (χ1n) is 26.2. The summed E-state index contributed by atoms with van der Waals surface area (Å²) in [6.45, 7) is 0. The van der Waals surface area contributed by atoms with Crippen LogP contribution in [0.25, 0.3) is 377 Å². The van der Waals surface area contributed by atoms with Gasteiger partial charge in [-0.05, 0) is 0 Å². The highest BCUT2D eigenvalue weighted by atomic mass is 16.0. The van der Waals surface area contributed by atoms with Gasteiger partial charge in [-0.1, -0.05) is 0 Å². The highest BCUT2D eigenvalue weighted by Gasteiger charge is 2.52. The van der Waals surface area contributed by atoms with Gasteiger partial charge in [0, 0.05) is 377 Å². The minimum absolute atomic E-state index is 0. The molecule has 71 heavy (non-hydrogen) atoms. The molecule has 0 bridgehead atoms. The third-order valence-electron chi connectivity index (χ3n) is 26.2. The van der Waals surface area contributed by atoms with E-state index in [2.05, 4.69) is 0 Å². The van der Waals surface area contributed by atoms with Crippen molar-refractivity contribution in [2.24, 2.45) is 0 Å². The molecule has 2 N–H and O–H groups in total. The molecule has 0 radical (unpaired) electrons. The average molecular weight is 859 g/mol. The van der Waals surface area contributed by atoms with Crippen LogP contribution < -0.4 is 0 Å². The normalized spacial score (nSPS) is 17.7. The fraction of sp³-hybridized carbons (Fsp3) is 0. The lowest BCUT2D eigenvalue weighted by Crippen LogP contribution is -1.93. The molecule has 0 atom stereocenters. The standard InChI is InChI=1S/C70.H2O/c1-2-22-5-6-24-13-14-26-11-9-23-4-3(21(1)51-52(22)54(24)55(26)53(23)51)33-31(1)61-35-7-8-27-15-16-29-19-20-30-18-17-28-12-10(25(7)56-57(27)59(29)60(30)58(28)56)37(35)63(33)65-36(4)40(9)67(44(17)42(12)65)69-46(11)47(14)70(50(20)49(18)69)68-43(13)39(6)66(45(16)48(19)68)64-34(5)32(2)62(61)38(8)41(15)64;/h;1H2. The van der Waals surface area contributed by atoms with Gasteiger partial charge in [0.25, 0.3) is 0 Å². The molecule has 0 aliphatic carbocycles. The van der Waals surface area contributed by atoms with E-state index in [0.717, 1.165) is 0 Å². The second kappa shape index (κ2) is 5.41. The molecule has 0 aromatic heterocycles. The van der Waals surface area contributed by atoms with Crippen LogP contribution in [0.3, 0.4) is 0 Å². The SMILES string of the molecule is O.c12c3c4c5c1c1c6c7c2c2c8c3c3c9c4c4c%10c5c5c1c1c6c6c%11c%12c%13c%14c%15c%16c%17c%14c%14c%18c%13c%11c1c1c5c%10c5c(c%14c%10c%17c%11c%13c%16c%14c%16c%15c%12c%12c%16c(c2c7c%126)c2c8c3c(c%13c%142)c2c9c4c5c%10c%112)c%181. The van der Waals surface area contributed by atoms with E-state index in [1.807, 2.05) is 0 Å². The van der Waals surface area contributed by atoms with Crippen molar-refractivity contribution in [3.8, 4) is 0 Å². The quantitative estimate of drug-likeness (QED) is 0.107. The average Bonchev–Trinajstić information content (AvgIpc) is 4.35. The van der Waals surface area contributed by atoms with Gasteiger partial charge in [0.05, 0.1) is 0 Å². The van der Waals surface area contributed by atoms with Gasteiger partial charge in [0.2, 0.25) is 0 Å². The molecular weight excluding hydrogens is 857 g/mol. The third kappa shape index (κ3) is 1.25. The Hall–Kier alpha value is -9.14. The van der Waals surface area contributed by atoms with Crippen molar-refractivity contribution < 1.29 is 5.48 Å². The number of hydrogen-bond acceptors (Lipinski definition) is 0. The van der Waals surface area contributed by atoms with Gasteiger partial charge in [-0.3, -0.25) is 0 Å². The molecule has 0 aliphatic heterocycles. The van der Waals surface area contributed by atoms with Crippen molar-refractivity contribution in [1.82, 2.24) is 0 Å². The van der Waals surface area contributed by atoms with E-state index in [1.54, 1.807) is 377 Å².